The van der Waals surface area contributed by atoms with Gasteiger partial charge in [0.15, 0.2) is 0 Å². The summed E-state index contributed by atoms with van der Waals surface area (Å²) in [6.07, 6.45) is 7.96. The Hall–Kier alpha value is -1.06. The van der Waals surface area contributed by atoms with Gasteiger partial charge in [0.2, 0.25) is 5.91 Å². The predicted molar refractivity (Wildman–Crippen MR) is 99.1 cm³/mol. The van der Waals surface area contributed by atoms with Gasteiger partial charge in [0.05, 0.1) is 0 Å². The van der Waals surface area contributed by atoms with Crippen molar-refractivity contribution in [1.82, 2.24) is 5.32 Å². The van der Waals surface area contributed by atoms with E-state index >= 15 is 0 Å². The number of fused-ring (bicyclic) bond motifs is 2. The molecule has 24 heavy (non-hydrogen) atoms. The Morgan fingerprint density at radius 1 is 1.00 bits per heavy atom. The van der Waals surface area contributed by atoms with Crippen LogP contribution in [-0.4, -0.2) is 18.0 Å². The van der Waals surface area contributed by atoms with Crippen molar-refractivity contribution in [2.24, 2.45) is 23.5 Å². The molecule has 0 aliphatic heterocycles. The van der Waals surface area contributed by atoms with Crippen LogP contribution in [0, 0.1) is 17.8 Å². The van der Waals surface area contributed by atoms with Crippen LogP contribution < -0.4 is 11.1 Å². The van der Waals surface area contributed by atoms with Crippen molar-refractivity contribution in [2.45, 2.75) is 62.9 Å². The van der Waals surface area contributed by atoms with Gasteiger partial charge in [0.1, 0.15) is 0 Å². The first-order chi connectivity index (χ1) is 11.2. The van der Waals surface area contributed by atoms with Gasteiger partial charge < -0.3 is 11.1 Å². The van der Waals surface area contributed by atoms with Crippen molar-refractivity contribution in [1.29, 1.82) is 0 Å². The Balaban J connectivity index is 0.00000169. The largest absolute Gasteiger partial charge is 0.353 e. The van der Waals surface area contributed by atoms with E-state index in [1.165, 1.54) is 24.8 Å². The maximum Gasteiger partial charge on any atom is 0.223 e. The molecule has 2 unspecified atom stereocenters. The molecule has 4 heteroatoms. The van der Waals surface area contributed by atoms with Crippen molar-refractivity contribution in [3.05, 3.63) is 35.9 Å². The van der Waals surface area contributed by atoms with Gasteiger partial charge in [0, 0.05) is 18.0 Å². The van der Waals surface area contributed by atoms with Crippen LogP contribution in [0.4, 0.5) is 0 Å². The molecule has 3 aliphatic rings. The maximum atomic E-state index is 12.6. The zero-order valence-corrected chi connectivity index (χ0v) is 15.0. The van der Waals surface area contributed by atoms with Gasteiger partial charge in [-0.3, -0.25) is 4.79 Å². The van der Waals surface area contributed by atoms with E-state index in [-0.39, 0.29) is 18.3 Å². The number of rotatable bonds is 3. The van der Waals surface area contributed by atoms with Gasteiger partial charge in [-0.05, 0) is 61.8 Å². The number of nitrogens with one attached hydrogen (secondary N) is 1. The van der Waals surface area contributed by atoms with Crippen LogP contribution in [0.3, 0.4) is 0 Å². The molecule has 132 valence electrons. The smallest absolute Gasteiger partial charge is 0.223 e. The van der Waals surface area contributed by atoms with E-state index in [1.54, 1.807) is 0 Å². The molecule has 3 aliphatic carbocycles. The highest BCUT2D eigenvalue weighted by atomic mass is 35.5. The van der Waals surface area contributed by atoms with E-state index in [9.17, 15) is 4.79 Å². The average Bonchev–Trinajstić information content (AvgIpc) is 2.51. The highest BCUT2D eigenvalue weighted by molar-refractivity contribution is 5.85. The first kappa shape index (κ1) is 17.8. The van der Waals surface area contributed by atoms with Gasteiger partial charge in [-0.15, -0.1) is 12.4 Å². The molecule has 0 saturated heterocycles. The van der Waals surface area contributed by atoms with E-state index in [1.807, 2.05) is 0 Å². The van der Waals surface area contributed by atoms with Crippen molar-refractivity contribution in [2.75, 3.05) is 0 Å². The fraction of sp³-hybridized carbons (Fsp3) is 0.650. The van der Waals surface area contributed by atoms with Crippen LogP contribution in [0.15, 0.2) is 30.3 Å². The average molecular weight is 349 g/mol. The number of amides is 1. The molecule has 0 aromatic heterocycles. The summed E-state index contributed by atoms with van der Waals surface area (Å²) < 4.78 is 0. The Labute approximate surface area is 151 Å². The summed E-state index contributed by atoms with van der Waals surface area (Å²) >= 11 is 0. The molecule has 1 amide bonds. The van der Waals surface area contributed by atoms with Gasteiger partial charge >= 0.3 is 0 Å². The minimum Gasteiger partial charge on any atom is -0.353 e. The number of hydrogen-bond acceptors (Lipinski definition) is 2. The zero-order chi connectivity index (χ0) is 15.8. The molecule has 1 aromatic rings. The molecule has 0 spiro atoms. The number of carbonyl (C=O) groups excluding carboxylic acids is 1. The molecule has 3 N–H and O–H groups in total. The van der Waals surface area contributed by atoms with E-state index < -0.39 is 0 Å². The number of hydrogen-bond donors (Lipinski definition) is 2. The molecule has 0 radical (unpaired) electrons. The maximum absolute atomic E-state index is 12.6. The van der Waals surface area contributed by atoms with E-state index in [0.29, 0.717) is 35.7 Å². The van der Waals surface area contributed by atoms with Crippen molar-refractivity contribution < 1.29 is 4.79 Å². The van der Waals surface area contributed by atoms with Crippen LogP contribution in [0.2, 0.25) is 0 Å². The van der Waals surface area contributed by atoms with E-state index in [2.05, 4.69) is 35.6 Å². The number of benzene rings is 1. The number of nitrogens with two attached hydrogens (primary N) is 1. The van der Waals surface area contributed by atoms with Crippen LogP contribution in [0.25, 0.3) is 0 Å². The molecule has 3 nitrogen and oxygen atoms in total. The molecule has 0 heterocycles. The third-order valence-electron chi connectivity index (χ3n) is 6.54. The Morgan fingerprint density at radius 2 is 1.62 bits per heavy atom. The summed E-state index contributed by atoms with van der Waals surface area (Å²) in [5.74, 6) is 2.29. The third-order valence-corrected chi connectivity index (χ3v) is 6.54. The summed E-state index contributed by atoms with van der Waals surface area (Å²) in [6, 6.07) is 11.4. The van der Waals surface area contributed by atoms with E-state index in [4.69, 9.17) is 5.73 Å². The summed E-state index contributed by atoms with van der Waals surface area (Å²) in [7, 11) is 0. The molecular weight excluding hydrogens is 320 g/mol. The Kier molecular flexibility index (Phi) is 5.51. The SMILES string of the molecule is Cl.NC1C2CCCC1CC(C(=O)NC1CC(c3ccccc3)C1)C2. The molecule has 4 rings (SSSR count). The minimum atomic E-state index is 0. The third kappa shape index (κ3) is 3.48. The van der Waals surface area contributed by atoms with Gasteiger partial charge in [-0.2, -0.15) is 0 Å². The van der Waals surface area contributed by atoms with Gasteiger partial charge in [-0.25, -0.2) is 0 Å². The topological polar surface area (TPSA) is 55.1 Å². The fourth-order valence-electron chi connectivity index (χ4n) is 5.06. The normalized spacial score (nSPS) is 37.7. The van der Waals surface area contributed by atoms with Crippen LogP contribution in [-0.2, 0) is 4.79 Å². The van der Waals surface area contributed by atoms with Crippen molar-refractivity contribution in [3.8, 4) is 0 Å². The van der Waals surface area contributed by atoms with Crippen LogP contribution in [0.1, 0.15) is 56.4 Å². The molecule has 3 saturated carbocycles. The summed E-state index contributed by atoms with van der Waals surface area (Å²) in [4.78, 5) is 12.6. The number of carbonyl (C=O) groups is 1. The summed E-state index contributed by atoms with van der Waals surface area (Å²) in [5, 5.41) is 3.31. The molecule has 2 atom stereocenters. The quantitative estimate of drug-likeness (QED) is 0.876. The van der Waals surface area contributed by atoms with Crippen LogP contribution >= 0.6 is 12.4 Å². The zero-order valence-electron chi connectivity index (χ0n) is 14.2. The molecular formula is C20H29ClN2O. The fourth-order valence-corrected chi connectivity index (χ4v) is 5.06. The highest BCUT2D eigenvalue weighted by Crippen LogP contribution is 2.42. The standard InChI is InChI=1S/C20H28N2O.ClH/c21-19-14-7-4-8-15(19)10-17(9-14)20(23)22-18-11-16(12-18)13-5-2-1-3-6-13;/h1-3,5-6,14-19H,4,7-12,21H2,(H,22,23);1H. The first-order valence-corrected chi connectivity index (χ1v) is 9.31. The van der Waals surface area contributed by atoms with Crippen molar-refractivity contribution in [3.63, 3.8) is 0 Å². The molecule has 1 aromatic carbocycles. The van der Waals surface area contributed by atoms with Crippen molar-refractivity contribution >= 4 is 18.3 Å². The lowest BCUT2D eigenvalue weighted by Crippen LogP contribution is -2.51. The van der Waals surface area contributed by atoms with E-state index in [0.717, 1.165) is 25.7 Å². The second kappa shape index (κ2) is 7.45. The molecule has 2 bridgehead atoms. The van der Waals surface area contributed by atoms with Gasteiger partial charge in [0.25, 0.3) is 0 Å². The monoisotopic (exact) mass is 348 g/mol. The second-order valence-electron chi connectivity index (χ2n) is 7.98. The van der Waals surface area contributed by atoms with Crippen LogP contribution in [0.5, 0.6) is 0 Å². The second-order valence-corrected chi connectivity index (χ2v) is 7.98. The summed E-state index contributed by atoms with van der Waals surface area (Å²) in [5.41, 5.74) is 7.75. The first-order valence-electron chi connectivity index (χ1n) is 9.31. The Morgan fingerprint density at radius 3 is 2.25 bits per heavy atom. The Bertz CT molecular complexity index is 544. The highest BCUT2D eigenvalue weighted by Gasteiger charge is 2.41. The number of halogens is 1. The summed E-state index contributed by atoms with van der Waals surface area (Å²) in [6.45, 7) is 0. The lowest BCUT2D eigenvalue weighted by atomic mass is 9.65. The lowest BCUT2D eigenvalue weighted by Gasteiger charge is -2.44. The predicted octanol–water partition coefficient (Wildman–Crippen LogP) is 3.62. The minimum absolute atomic E-state index is 0. The lowest BCUT2D eigenvalue weighted by molar-refractivity contribution is -0.129. The molecule has 3 fully saturated rings. The van der Waals surface area contributed by atoms with Gasteiger partial charge in [-0.1, -0.05) is 36.8 Å².